The fourth-order valence-electron chi connectivity index (χ4n) is 3.67. The summed E-state index contributed by atoms with van der Waals surface area (Å²) >= 11 is 6.07. The van der Waals surface area contributed by atoms with Gasteiger partial charge in [0.15, 0.2) is 0 Å². The smallest absolute Gasteiger partial charge is 0.475 e. The van der Waals surface area contributed by atoms with Crippen molar-refractivity contribution >= 4 is 41.0 Å². The minimum atomic E-state index is -5.08. The van der Waals surface area contributed by atoms with Crippen LogP contribution in [0.4, 0.5) is 18.9 Å². The number of anilines is 1. The Labute approximate surface area is 228 Å². The van der Waals surface area contributed by atoms with Crippen molar-refractivity contribution in [2.45, 2.75) is 25.4 Å². The van der Waals surface area contributed by atoms with Crippen LogP contribution in [0.1, 0.15) is 40.0 Å². The number of benzene rings is 2. The number of piperidine rings is 1. The molecular weight excluding hydrogens is 543 g/mol. The van der Waals surface area contributed by atoms with E-state index in [1.54, 1.807) is 60.5 Å². The van der Waals surface area contributed by atoms with Crippen LogP contribution in [-0.4, -0.2) is 73.2 Å². The SMILES string of the molecule is COCCCNC(=O)C1CCCN(C(=O)c2ccc(NC(=O)c3ccccc3Cl)cc2)C1.O=C(O)C(F)(F)F. The van der Waals surface area contributed by atoms with Crippen LogP contribution in [0, 0.1) is 5.92 Å². The van der Waals surface area contributed by atoms with Crippen LogP contribution in [0.15, 0.2) is 48.5 Å². The minimum Gasteiger partial charge on any atom is -0.475 e. The van der Waals surface area contributed by atoms with Crippen LogP contribution in [0.2, 0.25) is 5.02 Å². The first-order valence-electron chi connectivity index (χ1n) is 12.0. The summed E-state index contributed by atoms with van der Waals surface area (Å²) in [5, 5.41) is 13.2. The number of carboxylic acid groups (broad SMARTS) is 1. The van der Waals surface area contributed by atoms with E-state index in [1.807, 2.05) is 0 Å². The molecule has 9 nitrogen and oxygen atoms in total. The van der Waals surface area contributed by atoms with Gasteiger partial charge in [0.25, 0.3) is 11.8 Å². The molecule has 1 atom stereocenters. The Morgan fingerprint density at radius 1 is 1.10 bits per heavy atom. The summed E-state index contributed by atoms with van der Waals surface area (Å²) in [5.74, 6) is -3.41. The number of amides is 3. The summed E-state index contributed by atoms with van der Waals surface area (Å²) in [7, 11) is 1.63. The predicted octanol–water partition coefficient (Wildman–Crippen LogP) is 4.23. The zero-order chi connectivity index (χ0) is 29.0. The van der Waals surface area contributed by atoms with E-state index in [4.69, 9.17) is 26.2 Å². The number of nitrogens with one attached hydrogen (secondary N) is 2. The van der Waals surface area contributed by atoms with Crippen molar-refractivity contribution in [3.63, 3.8) is 0 Å². The molecule has 0 saturated carbocycles. The standard InChI is InChI=1S/C24H28ClN3O4.C2HF3O2/c1-32-15-5-13-26-22(29)18-6-4-14-28(16-18)24(31)17-9-11-19(12-10-17)27-23(30)20-7-2-3-8-21(20)25;3-2(4,5)1(6)7/h2-3,7-12,18H,4-6,13-16H2,1H3,(H,26,29)(H,27,30);(H,6,7). The van der Waals surface area contributed by atoms with Crippen molar-refractivity contribution < 1.29 is 42.2 Å². The van der Waals surface area contributed by atoms with Gasteiger partial charge in [0.1, 0.15) is 0 Å². The molecular formula is C26H29ClF3N3O6. The highest BCUT2D eigenvalue weighted by Gasteiger charge is 2.38. The van der Waals surface area contributed by atoms with E-state index in [9.17, 15) is 27.6 Å². The Morgan fingerprint density at radius 3 is 2.33 bits per heavy atom. The van der Waals surface area contributed by atoms with E-state index in [2.05, 4.69) is 10.6 Å². The lowest BCUT2D eigenvalue weighted by atomic mass is 9.96. The number of aliphatic carboxylic acids is 1. The molecule has 13 heteroatoms. The summed E-state index contributed by atoms with van der Waals surface area (Å²) in [4.78, 5) is 48.4. The Hall–Kier alpha value is -3.64. The van der Waals surface area contributed by atoms with Crippen LogP contribution >= 0.6 is 11.6 Å². The molecule has 0 spiro atoms. The maximum absolute atomic E-state index is 12.9. The van der Waals surface area contributed by atoms with Crippen LogP contribution in [0.25, 0.3) is 0 Å². The van der Waals surface area contributed by atoms with Crippen molar-refractivity contribution in [1.29, 1.82) is 0 Å². The van der Waals surface area contributed by atoms with Gasteiger partial charge in [0.2, 0.25) is 5.91 Å². The van der Waals surface area contributed by atoms with E-state index in [-0.39, 0.29) is 23.6 Å². The second kappa shape index (κ2) is 15.1. The average Bonchev–Trinajstić information content (AvgIpc) is 2.91. The van der Waals surface area contributed by atoms with E-state index < -0.39 is 12.1 Å². The highest BCUT2D eigenvalue weighted by atomic mass is 35.5. The number of carbonyl (C=O) groups excluding carboxylic acids is 3. The topological polar surface area (TPSA) is 125 Å². The zero-order valence-electron chi connectivity index (χ0n) is 21.1. The first-order valence-corrected chi connectivity index (χ1v) is 12.3. The van der Waals surface area contributed by atoms with Crippen LogP contribution < -0.4 is 10.6 Å². The molecule has 2 aromatic rings. The van der Waals surface area contributed by atoms with Gasteiger partial charge in [-0.3, -0.25) is 14.4 Å². The minimum absolute atomic E-state index is 0.0174. The molecule has 1 fully saturated rings. The number of methoxy groups -OCH3 is 1. The fraction of sp³-hybridized carbons (Fsp3) is 0.385. The van der Waals surface area contributed by atoms with Crippen molar-refractivity contribution in [3.8, 4) is 0 Å². The maximum Gasteiger partial charge on any atom is 0.490 e. The van der Waals surface area contributed by atoms with E-state index in [0.717, 1.165) is 19.3 Å². The number of halogens is 4. The van der Waals surface area contributed by atoms with Crippen LogP contribution in [0.3, 0.4) is 0 Å². The molecule has 3 N–H and O–H groups in total. The molecule has 2 aromatic carbocycles. The first-order chi connectivity index (χ1) is 18.4. The van der Waals surface area contributed by atoms with Gasteiger partial charge in [0.05, 0.1) is 16.5 Å². The second-order valence-electron chi connectivity index (χ2n) is 8.54. The Morgan fingerprint density at radius 2 is 1.74 bits per heavy atom. The quantitative estimate of drug-likeness (QED) is 0.407. The first kappa shape index (κ1) is 31.6. The van der Waals surface area contributed by atoms with E-state index in [1.165, 1.54) is 0 Å². The number of carbonyl (C=O) groups is 4. The van der Waals surface area contributed by atoms with Gasteiger partial charge in [-0.2, -0.15) is 13.2 Å². The number of nitrogens with zero attached hydrogens (tertiary/aromatic N) is 1. The Bertz CT molecular complexity index is 1140. The molecule has 1 unspecified atom stereocenters. The summed E-state index contributed by atoms with van der Waals surface area (Å²) in [5.41, 5.74) is 1.47. The van der Waals surface area contributed by atoms with Gasteiger partial charge in [-0.15, -0.1) is 0 Å². The predicted molar refractivity (Wildman–Crippen MR) is 138 cm³/mol. The molecule has 3 amide bonds. The highest BCUT2D eigenvalue weighted by Crippen LogP contribution is 2.21. The molecule has 1 aliphatic rings. The largest absolute Gasteiger partial charge is 0.490 e. The van der Waals surface area contributed by atoms with Crippen LogP contribution in [-0.2, 0) is 14.3 Å². The average molecular weight is 572 g/mol. The lowest BCUT2D eigenvalue weighted by molar-refractivity contribution is -0.192. The molecule has 0 radical (unpaired) electrons. The van der Waals surface area contributed by atoms with Crippen molar-refractivity contribution in [2.24, 2.45) is 5.92 Å². The Kier molecular flexibility index (Phi) is 12.2. The molecule has 0 aromatic heterocycles. The third-order valence-corrected chi connectivity index (χ3v) is 5.98. The number of hydrogen-bond acceptors (Lipinski definition) is 5. The molecule has 3 rings (SSSR count). The monoisotopic (exact) mass is 571 g/mol. The molecule has 0 bridgehead atoms. The third kappa shape index (κ3) is 10.2. The number of hydrogen-bond donors (Lipinski definition) is 3. The maximum atomic E-state index is 12.9. The molecule has 1 aliphatic heterocycles. The number of rotatable bonds is 8. The van der Waals surface area contributed by atoms with E-state index in [0.29, 0.717) is 48.1 Å². The van der Waals surface area contributed by atoms with Crippen molar-refractivity contribution in [2.75, 3.05) is 38.7 Å². The van der Waals surface area contributed by atoms with Gasteiger partial charge >= 0.3 is 12.1 Å². The third-order valence-electron chi connectivity index (χ3n) is 5.65. The number of carboxylic acids is 1. The van der Waals surface area contributed by atoms with Crippen molar-refractivity contribution in [3.05, 3.63) is 64.7 Å². The molecule has 212 valence electrons. The molecule has 39 heavy (non-hydrogen) atoms. The van der Waals surface area contributed by atoms with Gasteiger partial charge in [0, 0.05) is 44.6 Å². The molecule has 1 heterocycles. The highest BCUT2D eigenvalue weighted by molar-refractivity contribution is 6.34. The lowest BCUT2D eigenvalue weighted by Gasteiger charge is -2.32. The normalized spacial score (nSPS) is 15.0. The lowest BCUT2D eigenvalue weighted by Crippen LogP contribution is -2.45. The summed E-state index contributed by atoms with van der Waals surface area (Å²) in [6, 6.07) is 13.5. The summed E-state index contributed by atoms with van der Waals surface area (Å²) < 4.78 is 36.7. The zero-order valence-corrected chi connectivity index (χ0v) is 21.8. The molecule has 1 saturated heterocycles. The fourth-order valence-corrected chi connectivity index (χ4v) is 3.89. The summed E-state index contributed by atoms with van der Waals surface area (Å²) in [6.07, 6.45) is -2.77. The van der Waals surface area contributed by atoms with Gasteiger partial charge in [-0.25, -0.2) is 4.79 Å². The van der Waals surface area contributed by atoms with Crippen molar-refractivity contribution in [1.82, 2.24) is 10.2 Å². The summed E-state index contributed by atoms with van der Waals surface area (Å²) in [6.45, 7) is 2.19. The van der Waals surface area contributed by atoms with Gasteiger partial charge in [-0.05, 0) is 55.7 Å². The Balaban J connectivity index is 0.000000673. The van der Waals surface area contributed by atoms with Crippen LogP contribution in [0.5, 0.6) is 0 Å². The van der Waals surface area contributed by atoms with Gasteiger partial charge in [-0.1, -0.05) is 23.7 Å². The molecule has 0 aliphatic carbocycles. The number of ether oxygens (including phenoxy) is 1. The number of likely N-dealkylation sites (tertiary alicyclic amines) is 1. The van der Waals surface area contributed by atoms with Gasteiger partial charge < -0.3 is 25.4 Å². The number of alkyl halides is 3. The second-order valence-corrected chi connectivity index (χ2v) is 8.95. The van der Waals surface area contributed by atoms with E-state index >= 15 is 0 Å².